The highest BCUT2D eigenvalue weighted by Gasteiger charge is 2.13. The largest absolute Gasteiger partial charge is 0.352 e. The number of carbonyl (C=O) groups is 1. The molecule has 1 heterocycles. The lowest BCUT2D eigenvalue weighted by Gasteiger charge is -2.16. The highest BCUT2D eigenvalue weighted by Crippen LogP contribution is 2.13. The van der Waals surface area contributed by atoms with Crippen LogP contribution in [0.5, 0.6) is 0 Å². The van der Waals surface area contributed by atoms with Gasteiger partial charge in [-0.1, -0.05) is 13.8 Å². The van der Waals surface area contributed by atoms with Crippen LogP contribution in [0, 0.1) is 11.7 Å². The Labute approximate surface area is 122 Å². The summed E-state index contributed by atoms with van der Waals surface area (Å²) >= 11 is 0. The van der Waals surface area contributed by atoms with Crippen LogP contribution in [0.1, 0.15) is 20.8 Å². The molecule has 0 unspecified atom stereocenters. The van der Waals surface area contributed by atoms with Gasteiger partial charge in [-0.15, -0.1) is 10.2 Å². The topological polar surface area (TPSA) is 72.7 Å². The molecule has 1 atom stereocenters. The van der Waals surface area contributed by atoms with E-state index >= 15 is 0 Å². The molecular weight excluding hydrogens is 273 g/mol. The number of nitrogens with zero attached hydrogens (tertiary/aromatic N) is 4. The number of hydrogen-bond donors (Lipinski definition) is 1. The molecule has 0 spiro atoms. The summed E-state index contributed by atoms with van der Waals surface area (Å²) in [5.41, 5.74) is 0.651. The van der Waals surface area contributed by atoms with Gasteiger partial charge in [0.25, 0.3) is 0 Å². The van der Waals surface area contributed by atoms with Crippen molar-refractivity contribution in [2.45, 2.75) is 33.4 Å². The molecule has 7 heteroatoms. The third kappa shape index (κ3) is 4.08. The highest BCUT2D eigenvalue weighted by atomic mass is 19.1. The van der Waals surface area contributed by atoms with E-state index in [0.717, 1.165) is 0 Å². The van der Waals surface area contributed by atoms with Crippen LogP contribution in [0.2, 0.25) is 0 Å². The van der Waals surface area contributed by atoms with E-state index in [0.29, 0.717) is 17.3 Å². The standard InChI is InChI=1S/C14H18FN5O/c1-9(2)10(3)16-13(21)8-20-18-14(17-19-20)11-4-6-12(15)7-5-11/h4-7,9-10H,8H2,1-3H3,(H,16,21)/t10-/m0/s1. The summed E-state index contributed by atoms with van der Waals surface area (Å²) in [6.07, 6.45) is 0. The van der Waals surface area contributed by atoms with Crippen LogP contribution < -0.4 is 5.32 Å². The van der Waals surface area contributed by atoms with E-state index in [1.165, 1.54) is 16.9 Å². The molecule has 0 saturated heterocycles. The van der Waals surface area contributed by atoms with Crippen molar-refractivity contribution in [1.82, 2.24) is 25.5 Å². The van der Waals surface area contributed by atoms with Crippen molar-refractivity contribution in [3.63, 3.8) is 0 Å². The van der Waals surface area contributed by atoms with E-state index in [9.17, 15) is 9.18 Å². The molecule has 0 saturated carbocycles. The fourth-order valence-corrected chi connectivity index (χ4v) is 1.62. The summed E-state index contributed by atoms with van der Waals surface area (Å²) in [6.45, 7) is 6.02. The molecule has 2 aromatic rings. The summed E-state index contributed by atoms with van der Waals surface area (Å²) in [5, 5.41) is 14.7. The van der Waals surface area contributed by atoms with Gasteiger partial charge in [-0.05, 0) is 42.3 Å². The first-order chi connectivity index (χ1) is 9.95. The monoisotopic (exact) mass is 291 g/mol. The van der Waals surface area contributed by atoms with E-state index in [4.69, 9.17) is 0 Å². The van der Waals surface area contributed by atoms with Crippen LogP contribution >= 0.6 is 0 Å². The lowest BCUT2D eigenvalue weighted by molar-refractivity contribution is -0.123. The zero-order valence-electron chi connectivity index (χ0n) is 12.2. The normalized spacial score (nSPS) is 12.4. The predicted molar refractivity (Wildman–Crippen MR) is 75.7 cm³/mol. The molecule has 0 bridgehead atoms. The zero-order chi connectivity index (χ0) is 15.4. The van der Waals surface area contributed by atoms with Gasteiger partial charge in [0.1, 0.15) is 12.4 Å². The van der Waals surface area contributed by atoms with Gasteiger partial charge in [-0.25, -0.2) is 4.39 Å². The Hall–Kier alpha value is -2.31. The first-order valence-corrected chi connectivity index (χ1v) is 6.79. The maximum absolute atomic E-state index is 12.9. The third-order valence-electron chi connectivity index (χ3n) is 3.23. The molecule has 0 radical (unpaired) electrons. The fraction of sp³-hybridized carbons (Fsp3) is 0.429. The molecule has 112 valence electrons. The molecular formula is C14H18FN5O. The summed E-state index contributed by atoms with van der Waals surface area (Å²) < 4.78 is 12.9. The third-order valence-corrected chi connectivity index (χ3v) is 3.23. The second kappa shape index (κ2) is 6.43. The van der Waals surface area contributed by atoms with Crippen molar-refractivity contribution < 1.29 is 9.18 Å². The van der Waals surface area contributed by atoms with Crippen LogP contribution in [0.15, 0.2) is 24.3 Å². The molecule has 0 fully saturated rings. The van der Waals surface area contributed by atoms with Crippen LogP contribution in [0.25, 0.3) is 11.4 Å². The highest BCUT2D eigenvalue weighted by molar-refractivity contribution is 5.75. The van der Waals surface area contributed by atoms with Crippen LogP contribution in [-0.2, 0) is 11.3 Å². The average molecular weight is 291 g/mol. The Morgan fingerprint density at radius 2 is 1.95 bits per heavy atom. The summed E-state index contributed by atoms with van der Waals surface area (Å²) in [6, 6.07) is 5.87. The number of nitrogens with one attached hydrogen (secondary N) is 1. The van der Waals surface area contributed by atoms with E-state index in [-0.39, 0.29) is 24.3 Å². The number of amides is 1. The molecule has 21 heavy (non-hydrogen) atoms. The molecule has 0 aliphatic carbocycles. The van der Waals surface area contributed by atoms with Crippen molar-refractivity contribution in [1.29, 1.82) is 0 Å². The van der Waals surface area contributed by atoms with Crippen LogP contribution in [0.3, 0.4) is 0 Å². The molecule has 1 aromatic carbocycles. The van der Waals surface area contributed by atoms with Gasteiger partial charge in [0.05, 0.1) is 0 Å². The number of rotatable bonds is 5. The maximum atomic E-state index is 12.9. The van der Waals surface area contributed by atoms with Crippen molar-refractivity contribution >= 4 is 5.91 Å². The smallest absolute Gasteiger partial charge is 0.243 e. The van der Waals surface area contributed by atoms with Crippen molar-refractivity contribution in [2.24, 2.45) is 5.92 Å². The van der Waals surface area contributed by atoms with Gasteiger partial charge in [0.2, 0.25) is 11.7 Å². The predicted octanol–water partition coefficient (Wildman–Crippen LogP) is 1.64. The Kier molecular flexibility index (Phi) is 4.62. The van der Waals surface area contributed by atoms with Gasteiger partial charge in [-0.2, -0.15) is 4.80 Å². The number of aromatic nitrogens is 4. The van der Waals surface area contributed by atoms with E-state index in [1.807, 2.05) is 20.8 Å². The first-order valence-electron chi connectivity index (χ1n) is 6.79. The molecule has 1 amide bonds. The second-order valence-electron chi connectivity index (χ2n) is 5.25. The fourth-order valence-electron chi connectivity index (χ4n) is 1.62. The quantitative estimate of drug-likeness (QED) is 0.909. The Morgan fingerprint density at radius 3 is 2.57 bits per heavy atom. The number of benzene rings is 1. The SMILES string of the molecule is CC(C)[C@H](C)NC(=O)Cn1nnc(-c2ccc(F)cc2)n1. The average Bonchev–Trinajstić information content (AvgIpc) is 2.87. The second-order valence-corrected chi connectivity index (χ2v) is 5.25. The molecule has 1 N–H and O–H groups in total. The lowest BCUT2D eigenvalue weighted by atomic mass is 10.1. The van der Waals surface area contributed by atoms with Gasteiger partial charge in [0.15, 0.2) is 0 Å². The number of carbonyl (C=O) groups excluding carboxylic acids is 1. The minimum absolute atomic E-state index is 0.00521. The molecule has 0 aliphatic heterocycles. The van der Waals surface area contributed by atoms with Crippen molar-refractivity contribution in [3.05, 3.63) is 30.1 Å². The van der Waals surface area contributed by atoms with Crippen molar-refractivity contribution in [3.8, 4) is 11.4 Å². The van der Waals surface area contributed by atoms with E-state index in [2.05, 4.69) is 20.7 Å². The summed E-state index contributed by atoms with van der Waals surface area (Å²) in [4.78, 5) is 13.1. The van der Waals surface area contributed by atoms with Gasteiger partial charge >= 0.3 is 0 Å². The molecule has 0 aliphatic rings. The number of hydrogen-bond acceptors (Lipinski definition) is 4. The molecule has 2 rings (SSSR count). The molecule has 1 aromatic heterocycles. The van der Waals surface area contributed by atoms with Crippen LogP contribution in [-0.4, -0.2) is 32.2 Å². The Bertz CT molecular complexity index is 608. The zero-order valence-corrected chi connectivity index (χ0v) is 12.2. The van der Waals surface area contributed by atoms with Gasteiger partial charge in [0, 0.05) is 11.6 Å². The first kappa shape index (κ1) is 15.1. The summed E-state index contributed by atoms with van der Waals surface area (Å²) in [5.74, 6) is 0.222. The Balaban J connectivity index is 2.00. The van der Waals surface area contributed by atoms with E-state index in [1.54, 1.807) is 12.1 Å². The maximum Gasteiger partial charge on any atom is 0.243 e. The molecule has 6 nitrogen and oxygen atoms in total. The van der Waals surface area contributed by atoms with Crippen LogP contribution in [0.4, 0.5) is 4.39 Å². The minimum Gasteiger partial charge on any atom is -0.352 e. The van der Waals surface area contributed by atoms with Gasteiger partial charge < -0.3 is 5.32 Å². The minimum atomic E-state index is -0.326. The summed E-state index contributed by atoms with van der Waals surface area (Å²) in [7, 11) is 0. The van der Waals surface area contributed by atoms with Crippen molar-refractivity contribution in [2.75, 3.05) is 0 Å². The number of halogens is 1. The van der Waals surface area contributed by atoms with E-state index < -0.39 is 0 Å². The number of tetrazole rings is 1. The lowest BCUT2D eigenvalue weighted by Crippen LogP contribution is -2.38. The van der Waals surface area contributed by atoms with Gasteiger partial charge in [-0.3, -0.25) is 4.79 Å². The Morgan fingerprint density at radius 1 is 1.29 bits per heavy atom.